The Morgan fingerprint density at radius 1 is 1.06 bits per heavy atom. The molecule has 0 N–H and O–H groups in total. The SMILES string of the molecule is Cc1c(Cl)ccc2sc(N(Cc3ccccn3)C(=O)CCS(=O)(=O)c3ccc(Cl)cc3)nc12. The fourth-order valence-electron chi connectivity index (χ4n) is 3.24. The van der Waals surface area contributed by atoms with E-state index in [4.69, 9.17) is 23.2 Å². The zero-order valence-corrected chi connectivity index (χ0v) is 20.7. The fraction of sp³-hybridized carbons (Fsp3) is 0.174. The highest BCUT2D eigenvalue weighted by atomic mass is 35.5. The number of halogens is 2. The lowest BCUT2D eigenvalue weighted by Gasteiger charge is -2.19. The molecule has 2 aromatic heterocycles. The minimum Gasteiger partial charge on any atom is -0.282 e. The Balaban J connectivity index is 1.62. The molecule has 0 saturated carbocycles. The van der Waals surface area contributed by atoms with Gasteiger partial charge in [-0.1, -0.05) is 40.6 Å². The van der Waals surface area contributed by atoms with Crippen LogP contribution in [0.4, 0.5) is 5.13 Å². The Bertz CT molecular complexity index is 1410. The third-order valence-corrected chi connectivity index (χ3v) is 8.51. The van der Waals surface area contributed by atoms with Crippen molar-refractivity contribution in [1.82, 2.24) is 9.97 Å². The number of aryl methyl sites for hydroxylation is 1. The number of thiazole rings is 1. The summed E-state index contributed by atoms with van der Waals surface area (Å²) < 4.78 is 26.4. The number of rotatable bonds is 7. The number of nitrogens with zero attached hydrogens (tertiary/aromatic N) is 3. The van der Waals surface area contributed by atoms with Gasteiger partial charge in [0.2, 0.25) is 5.91 Å². The van der Waals surface area contributed by atoms with E-state index in [-0.39, 0.29) is 29.5 Å². The van der Waals surface area contributed by atoms with Crippen molar-refractivity contribution in [3.63, 3.8) is 0 Å². The fourth-order valence-corrected chi connectivity index (χ4v) is 5.79. The van der Waals surface area contributed by atoms with Crippen molar-refractivity contribution in [3.8, 4) is 0 Å². The van der Waals surface area contributed by atoms with Crippen LogP contribution in [0, 0.1) is 6.92 Å². The first-order valence-corrected chi connectivity index (χ1v) is 13.2. The lowest BCUT2D eigenvalue weighted by Crippen LogP contribution is -2.32. The minimum absolute atomic E-state index is 0.126. The zero-order valence-electron chi connectivity index (χ0n) is 17.5. The van der Waals surface area contributed by atoms with E-state index in [2.05, 4.69) is 9.97 Å². The molecule has 10 heteroatoms. The molecule has 0 unspecified atom stereocenters. The van der Waals surface area contributed by atoms with Crippen LogP contribution >= 0.6 is 34.5 Å². The summed E-state index contributed by atoms with van der Waals surface area (Å²) in [4.78, 5) is 23.8. The van der Waals surface area contributed by atoms with Gasteiger partial charge < -0.3 is 0 Å². The van der Waals surface area contributed by atoms with Crippen LogP contribution in [0.1, 0.15) is 17.7 Å². The molecule has 0 radical (unpaired) electrons. The maximum Gasteiger partial charge on any atom is 0.230 e. The second-order valence-electron chi connectivity index (χ2n) is 7.34. The number of carbonyl (C=O) groups excluding carboxylic acids is 1. The first kappa shape index (κ1) is 23.6. The first-order chi connectivity index (χ1) is 15.7. The van der Waals surface area contributed by atoms with E-state index in [1.54, 1.807) is 24.4 Å². The van der Waals surface area contributed by atoms with Crippen molar-refractivity contribution in [3.05, 3.63) is 82.1 Å². The average Bonchev–Trinajstić information content (AvgIpc) is 3.24. The lowest BCUT2D eigenvalue weighted by molar-refractivity contribution is -0.118. The largest absolute Gasteiger partial charge is 0.282 e. The molecule has 4 aromatic rings. The van der Waals surface area contributed by atoms with Crippen LogP contribution in [0.3, 0.4) is 0 Å². The smallest absolute Gasteiger partial charge is 0.230 e. The summed E-state index contributed by atoms with van der Waals surface area (Å²) in [6.45, 7) is 2.05. The van der Waals surface area contributed by atoms with E-state index in [9.17, 15) is 13.2 Å². The van der Waals surface area contributed by atoms with Gasteiger partial charge in [0.05, 0.1) is 33.1 Å². The van der Waals surface area contributed by atoms with Gasteiger partial charge in [-0.15, -0.1) is 0 Å². The van der Waals surface area contributed by atoms with Crippen LogP contribution in [0.2, 0.25) is 10.0 Å². The Labute approximate surface area is 205 Å². The maximum atomic E-state index is 13.3. The van der Waals surface area contributed by atoms with E-state index in [0.717, 1.165) is 15.8 Å². The topological polar surface area (TPSA) is 80.2 Å². The van der Waals surface area contributed by atoms with Crippen LogP contribution in [0.5, 0.6) is 0 Å². The minimum atomic E-state index is -3.65. The highest BCUT2D eigenvalue weighted by Crippen LogP contribution is 2.34. The number of hydrogen-bond acceptors (Lipinski definition) is 6. The average molecular weight is 520 g/mol. The van der Waals surface area contributed by atoms with Crippen molar-refractivity contribution < 1.29 is 13.2 Å². The Morgan fingerprint density at radius 3 is 2.52 bits per heavy atom. The number of amides is 1. The summed E-state index contributed by atoms with van der Waals surface area (Å²) in [7, 11) is -3.65. The van der Waals surface area contributed by atoms with E-state index < -0.39 is 9.84 Å². The molecule has 0 aliphatic rings. The lowest BCUT2D eigenvalue weighted by atomic mass is 10.2. The van der Waals surface area contributed by atoms with Crippen molar-refractivity contribution in [2.24, 2.45) is 0 Å². The number of hydrogen-bond donors (Lipinski definition) is 0. The van der Waals surface area contributed by atoms with Gasteiger partial charge in [-0.2, -0.15) is 0 Å². The first-order valence-electron chi connectivity index (χ1n) is 9.99. The summed E-state index contributed by atoms with van der Waals surface area (Å²) in [6, 6.07) is 15.0. The molecule has 0 aliphatic carbocycles. The van der Waals surface area contributed by atoms with Gasteiger partial charge >= 0.3 is 0 Å². The van der Waals surface area contributed by atoms with Gasteiger partial charge in [0.1, 0.15) is 0 Å². The number of carbonyl (C=O) groups is 1. The van der Waals surface area contributed by atoms with Gasteiger partial charge in [-0.3, -0.25) is 14.7 Å². The molecular formula is C23H19Cl2N3O3S2. The van der Waals surface area contributed by atoms with Crippen molar-refractivity contribution in [2.45, 2.75) is 24.8 Å². The van der Waals surface area contributed by atoms with Crippen molar-refractivity contribution in [1.29, 1.82) is 0 Å². The number of aromatic nitrogens is 2. The number of pyridine rings is 1. The van der Waals surface area contributed by atoms with Crippen molar-refractivity contribution >= 4 is 65.6 Å². The highest BCUT2D eigenvalue weighted by molar-refractivity contribution is 7.91. The predicted molar refractivity (Wildman–Crippen MR) is 133 cm³/mol. The Morgan fingerprint density at radius 2 is 1.82 bits per heavy atom. The summed E-state index contributed by atoms with van der Waals surface area (Å²) in [6.07, 6.45) is 1.44. The van der Waals surface area contributed by atoms with Crippen molar-refractivity contribution in [2.75, 3.05) is 10.7 Å². The maximum absolute atomic E-state index is 13.3. The predicted octanol–water partition coefficient (Wildman–Crippen LogP) is 5.70. The monoisotopic (exact) mass is 519 g/mol. The van der Waals surface area contributed by atoms with Gasteiger partial charge in [0.15, 0.2) is 15.0 Å². The van der Waals surface area contributed by atoms with Gasteiger partial charge in [0.25, 0.3) is 0 Å². The molecule has 0 spiro atoms. The van der Waals surface area contributed by atoms with Crippen LogP contribution in [0.15, 0.2) is 65.7 Å². The summed E-state index contributed by atoms with van der Waals surface area (Å²) in [5.74, 6) is -0.692. The van der Waals surface area contributed by atoms with Gasteiger partial charge in [0, 0.05) is 22.7 Å². The quantitative estimate of drug-likeness (QED) is 0.312. The molecule has 6 nitrogen and oxygen atoms in total. The molecule has 0 bridgehead atoms. The van der Waals surface area contributed by atoms with E-state index >= 15 is 0 Å². The molecule has 0 fully saturated rings. The highest BCUT2D eigenvalue weighted by Gasteiger charge is 2.24. The number of fused-ring (bicyclic) bond motifs is 1. The summed E-state index contributed by atoms with van der Waals surface area (Å²) >= 11 is 13.4. The van der Waals surface area contributed by atoms with Crippen LogP contribution in [-0.4, -0.2) is 30.0 Å². The number of anilines is 1. The molecule has 0 saturated heterocycles. The Hall–Kier alpha value is -2.52. The zero-order chi connectivity index (χ0) is 23.6. The van der Waals surface area contributed by atoms with Crippen LogP contribution in [-0.2, 0) is 21.2 Å². The molecule has 170 valence electrons. The number of sulfone groups is 1. The van der Waals surface area contributed by atoms with E-state index in [1.165, 1.54) is 40.5 Å². The van der Waals surface area contributed by atoms with Gasteiger partial charge in [-0.05, 0) is 61.0 Å². The third kappa shape index (κ3) is 5.35. The Kier molecular flexibility index (Phi) is 6.99. The third-order valence-electron chi connectivity index (χ3n) is 5.07. The molecule has 2 heterocycles. The molecule has 0 atom stereocenters. The summed E-state index contributed by atoms with van der Waals surface area (Å²) in [5.41, 5.74) is 2.21. The number of benzene rings is 2. The molecular weight excluding hydrogens is 501 g/mol. The standard InChI is InChI=1S/C23H19Cl2N3O3S2/c1-15-19(25)9-10-20-22(15)27-23(32-20)28(14-17-4-2-3-12-26-17)21(29)11-13-33(30,31)18-7-5-16(24)6-8-18/h2-10,12H,11,13-14H2,1H3. The molecule has 33 heavy (non-hydrogen) atoms. The summed E-state index contributed by atoms with van der Waals surface area (Å²) in [5, 5.41) is 1.50. The van der Waals surface area contributed by atoms with Gasteiger partial charge in [-0.25, -0.2) is 13.4 Å². The second-order valence-corrected chi connectivity index (χ2v) is 11.3. The van der Waals surface area contributed by atoms with Crippen LogP contribution in [0.25, 0.3) is 10.2 Å². The molecule has 2 aromatic carbocycles. The molecule has 1 amide bonds. The van der Waals surface area contributed by atoms with E-state index in [1.807, 2.05) is 19.1 Å². The second kappa shape index (κ2) is 9.77. The normalized spacial score (nSPS) is 11.6. The van der Waals surface area contributed by atoms with E-state index in [0.29, 0.717) is 20.9 Å². The van der Waals surface area contributed by atoms with Crippen LogP contribution < -0.4 is 4.90 Å². The molecule has 0 aliphatic heterocycles. The molecule has 4 rings (SSSR count).